The Morgan fingerprint density at radius 2 is 1.86 bits per heavy atom. The van der Waals surface area contributed by atoms with Gasteiger partial charge in [-0.2, -0.15) is 5.10 Å². The first-order chi connectivity index (χ1) is 10.7. The lowest BCUT2D eigenvalue weighted by molar-refractivity contribution is 0.0954. The van der Waals surface area contributed by atoms with Crippen molar-refractivity contribution in [1.29, 1.82) is 0 Å². The second kappa shape index (κ2) is 5.85. The SMILES string of the molecule is Cc1ccccc1C(=O)N/N=C\c1cn(C)c2ccccc12. The zero-order valence-corrected chi connectivity index (χ0v) is 12.6. The molecular formula is C18H17N3O. The average molecular weight is 291 g/mol. The number of rotatable bonds is 3. The van der Waals surface area contributed by atoms with Gasteiger partial charge in [0, 0.05) is 35.3 Å². The van der Waals surface area contributed by atoms with Crippen molar-refractivity contribution in [3.8, 4) is 0 Å². The third-order valence-electron chi connectivity index (χ3n) is 3.69. The normalized spacial score (nSPS) is 11.2. The highest BCUT2D eigenvalue weighted by Crippen LogP contribution is 2.18. The Balaban J connectivity index is 1.80. The van der Waals surface area contributed by atoms with Crippen molar-refractivity contribution in [1.82, 2.24) is 9.99 Å². The first-order valence-corrected chi connectivity index (χ1v) is 7.10. The van der Waals surface area contributed by atoms with Crippen LogP contribution in [0.15, 0.2) is 59.8 Å². The van der Waals surface area contributed by atoms with Gasteiger partial charge in [-0.3, -0.25) is 4.79 Å². The Hall–Kier alpha value is -2.88. The van der Waals surface area contributed by atoms with Gasteiger partial charge in [0.15, 0.2) is 0 Å². The molecule has 4 nitrogen and oxygen atoms in total. The summed E-state index contributed by atoms with van der Waals surface area (Å²) in [6.07, 6.45) is 3.67. The molecule has 0 unspecified atom stereocenters. The first-order valence-electron chi connectivity index (χ1n) is 7.10. The van der Waals surface area contributed by atoms with Gasteiger partial charge in [-0.25, -0.2) is 5.43 Å². The second-order valence-corrected chi connectivity index (χ2v) is 5.23. The molecule has 22 heavy (non-hydrogen) atoms. The molecule has 3 aromatic rings. The fourth-order valence-corrected chi connectivity index (χ4v) is 2.52. The molecule has 1 heterocycles. The van der Waals surface area contributed by atoms with E-state index in [2.05, 4.69) is 16.6 Å². The number of para-hydroxylation sites is 1. The summed E-state index contributed by atoms with van der Waals surface area (Å²) in [5.41, 5.74) is 6.26. The Bertz CT molecular complexity index is 862. The van der Waals surface area contributed by atoms with E-state index in [-0.39, 0.29) is 5.91 Å². The molecule has 1 N–H and O–H groups in total. The molecule has 0 fully saturated rings. The van der Waals surface area contributed by atoms with Crippen LogP contribution in [0.3, 0.4) is 0 Å². The van der Waals surface area contributed by atoms with Gasteiger partial charge in [0.05, 0.1) is 6.21 Å². The summed E-state index contributed by atoms with van der Waals surface area (Å²) in [5, 5.41) is 5.19. The van der Waals surface area contributed by atoms with Crippen LogP contribution >= 0.6 is 0 Å². The maximum atomic E-state index is 12.1. The van der Waals surface area contributed by atoms with Gasteiger partial charge in [0.1, 0.15) is 0 Å². The third kappa shape index (κ3) is 2.63. The molecule has 1 aromatic heterocycles. The van der Waals surface area contributed by atoms with Crippen LogP contribution < -0.4 is 5.43 Å². The lowest BCUT2D eigenvalue weighted by Gasteiger charge is -2.02. The van der Waals surface area contributed by atoms with E-state index in [4.69, 9.17) is 0 Å². The lowest BCUT2D eigenvalue weighted by Crippen LogP contribution is -2.18. The van der Waals surface area contributed by atoms with E-state index in [1.54, 1.807) is 12.3 Å². The van der Waals surface area contributed by atoms with Gasteiger partial charge in [0.25, 0.3) is 5.91 Å². The summed E-state index contributed by atoms with van der Waals surface area (Å²) in [7, 11) is 1.99. The van der Waals surface area contributed by atoms with Crippen molar-refractivity contribution in [2.75, 3.05) is 0 Å². The second-order valence-electron chi connectivity index (χ2n) is 5.23. The Morgan fingerprint density at radius 3 is 2.68 bits per heavy atom. The van der Waals surface area contributed by atoms with Gasteiger partial charge in [-0.05, 0) is 24.6 Å². The van der Waals surface area contributed by atoms with Crippen LogP contribution in [-0.4, -0.2) is 16.7 Å². The quantitative estimate of drug-likeness (QED) is 0.584. The number of hydrazone groups is 1. The summed E-state index contributed by atoms with van der Waals surface area (Å²) in [5.74, 6) is -0.199. The minimum atomic E-state index is -0.199. The number of nitrogens with one attached hydrogen (secondary N) is 1. The third-order valence-corrected chi connectivity index (χ3v) is 3.69. The van der Waals surface area contributed by atoms with E-state index in [0.717, 1.165) is 22.0 Å². The van der Waals surface area contributed by atoms with Crippen molar-refractivity contribution in [3.05, 3.63) is 71.4 Å². The van der Waals surface area contributed by atoms with Gasteiger partial charge in [-0.15, -0.1) is 0 Å². The monoisotopic (exact) mass is 291 g/mol. The molecule has 0 saturated carbocycles. The molecule has 0 aliphatic carbocycles. The topological polar surface area (TPSA) is 46.4 Å². The maximum Gasteiger partial charge on any atom is 0.271 e. The molecule has 2 aromatic carbocycles. The number of carbonyl (C=O) groups excluding carboxylic acids is 1. The zero-order chi connectivity index (χ0) is 15.5. The van der Waals surface area contributed by atoms with Crippen molar-refractivity contribution in [2.24, 2.45) is 12.1 Å². The molecule has 4 heteroatoms. The molecule has 0 radical (unpaired) electrons. The highest BCUT2D eigenvalue weighted by Gasteiger charge is 2.07. The largest absolute Gasteiger partial charge is 0.350 e. The van der Waals surface area contributed by atoms with Crippen LogP contribution in [0.5, 0.6) is 0 Å². The number of amides is 1. The fourth-order valence-electron chi connectivity index (χ4n) is 2.52. The van der Waals surface area contributed by atoms with Crippen LogP contribution in [0.2, 0.25) is 0 Å². The standard InChI is InChI=1S/C18H17N3O/c1-13-7-3-4-8-15(13)18(22)20-19-11-14-12-21(2)17-10-6-5-9-16(14)17/h3-12H,1-2H3,(H,20,22)/b19-11-. The fraction of sp³-hybridized carbons (Fsp3) is 0.111. The van der Waals surface area contributed by atoms with Crippen molar-refractivity contribution in [3.63, 3.8) is 0 Å². The summed E-state index contributed by atoms with van der Waals surface area (Å²) >= 11 is 0. The summed E-state index contributed by atoms with van der Waals surface area (Å²) in [6.45, 7) is 1.91. The lowest BCUT2D eigenvalue weighted by atomic mass is 10.1. The number of fused-ring (bicyclic) bond motifs is 1. The number of benzene rings is 2. The molecule has 0 spiro atoms. The van der Waals surface area contributed by atoms with Crippen LogP contribution in [0.1, 0.15) is 21.5 Å². The molecule has 0 aliphatic heterocycles. The van der Waals surface area contributed by atoms with Crippen molar-refractivity contribution < 1.29 is 4.79 Å². The summed E-state index contributed by atoms with van der Waals surface area (Å²) in [4.78, 5) is 12.1. The summed E-state index contributed by atoms with van der Waals surface area (Å²) in [6, 6.07) is 15.5. The molecule has 0 aliphatic rings. The highest BCUT2D eigenvalue weighted by molar-refractivity contribution is 6.00. The Kier molecular flexibility index (Phi) is 3.74. The van der Waals surface area contributed by atoms with E-state index in [1.165, 1.54) is 0 Å². The molecule has 0 atom stereocenters. The van der Waals surface area contributed by atoms with Gasteiger partial charge >= 0.3 is 0 Å². The first kappa shape index (κ1) is 14.1. The molecule has 1 amide bonds. The molecule has 110 valence electrons. The van der Waals surface area contributed by atoms with Gasteiger partial charge in [0.2, 0.25) is 0 Å². The molecular weight excluding hydrogens is 274 g/mol. The highest BCUT2D eigenvalue weighted by atomic mass is 16.2. The molecule has 0 bridgehead atoms. The minimum Gasteiger partial charge on any atom is -0.350 e. The van der Waals surface area contributed by atoms with Crippen molar-refractivity contribution >= 4 is 23.0 Å². The Morgan fingerprint density at radius 1 is 1.14 bits per heavy atom. The predicted molar refractivity (Wildman–Crippen MR) is 89.2 cm³/mol. The average Bonchev–Trinajstić information content (AvgIpc) is 2.85. The van der Waals surface area contributed by atoms with E-state index in [1.807, 2.05) is 61.1 Å². The number of hydrogen-bond donors (Lipinski definition) is 1. The molecule has 3 rings (SSSR count). The van der Waals surface area contributed by atoms with E-state index in [0.29, 0.717) is 5.56 Å². The van der Waals surface area contributed by atoms with E-state index in [9.17, 15) is 4.79 Å². The van der Waals surface area contributed by atoms with Crippen LogP contribution in [0.25, 0.3) is 10.9 Å². The number of aromatic nitrogens is 1. The smallest absolute Gasteiger partial charge is 0.271 e. The van der Waals surface area contributed by atoms with E-state index >= 15 is 0 Å². The van der Waals surface area contributed by atoms with Gasteiger partial charge < -0.3 is 4.57 Å². The summed E-state index contributed by atoms with van der Waals surface area (Å²) < 4.78 is 2.04. The van der Waals surface area contributed by atoms with E-state index < -0.39 is 0 Å². The number of carbonyl (C=O) groups is 1. The van der Waals surface area contributed by atoms with Crippen molar-refractivity contribution in [2.45, 2.75) is 6.92 Å². The zero-order valence-electron chi connectivity index (χ0n) is 12.6. The van der Waals surface area contributed by atoms with Crippen LogP contribution in [0, 0.1) is 6.92 Å². The number of aryl methyl sites for hydroxylation is 2. The van der Waals surface area contributed by atoms with Gasteiger partial charge in [-0.1, -0.05) is 36.4 Å². The minimum absolute atomic E-state index is 0.199. The van der Waals surface area contributed by atoms with Crippen LogP contribution in [0.4, 0.5) is 0 Å². The molecule has 0 saturated heterocycles. The van der Waals surface area contributed by atoms with Crippen LogP contribution in [-0.2, 0) is 7.05 Å². The number of nitrogens with zero attached hydrogens (tertiary/aromatic N) is 2. The number of hydrogen-bond acceptors (Lipinski definition) is 2. The predicted octanol–water partition coefficient (Wildman–Crippen LogP) is 3.25. The Labute approximate surface area is 129 Å². The maximum absolute atomic E-state index is 12.1.